The average molecular weight is 258 g/mol. The maximum atomic E-state index is 12.6. The van der Waals surface area contributed by atoms with E-state index in [0.29, 0.717) is 5.92 Å². The number of aromatic nitrogens is 2. The van der Waals surface area contributed by atoms with Crippen molar-refractivity contribution in [1.29, 1.82) is 0 Å². The Morgan fingerprint density at radius 3 is 2.53 bits per heavy atom. The summed E-state index contributed by atoms with van der Waals surface area (Å²) in [4.78, 5) is 12.6. The summed E-state index contributed by atoms with van der Waals surface area (Å²) in [6.45, 7) is 8.37. The number of aromatic amines is 1. The molecule has 0 unspecified atom stereocenters. The molecule has 1 aromatic heterocycles. The maximum Gasteiger partial charge on any atom is 0.274 e. The zero-order valence-corrected chi connectivity index (χ0v) is 12.2. The van der Waals surface area contributed by atoms with E-state index in [-0.39, 0.29) is 5.56 Å². The van der Waals surface area contributed by atoms with Crippen LogP contribution < -0.4 is 5.56 Å². The van der Waals surface area contributed by atoms with Gasteiger partial charge in [-0.15, -0.1) is 0 Å². The fraction of sp³-hybridized carbons (Fsp3) is 0.438. The largest absolute Gasteiger partial charge is 0.294 e. The van der Waals surface area contributed by atoms with E-state index in [9.17, 15) is 4.79 Å². The molecule has 0 spiro atoms. The van der Waals surface area contributed by atoms with E-state index in [0.717, 1.165) is 35.3 Å². The smallest absolute Gasteiger partial charge is 0.274 e. The Kier molecular flexibility index (Phi) is 3.93. The van der Waals surface area contributed by atoms with Crippen LogP contribution in [0.1, 0.15) is 49.9 Å². The SMILES string of the molecule is CCCc1c(C(C)C)[nH]n(-c2ccccc2C)c1=O. The summed E-state index contributed by atoms with van der Waals surface area (Å²) in [7, 11) is 0. The Labute approximate surface area is 114 Å². The van der Waals surface area contributed by atoms with Crippen LogP contribution in [0.15, 0.2) is 29.1 Å². The molecule has 3 heteroatoms. The van der Waals surface area contributed by atoms with Crippen LogP contribution in [-0.2, 0) is 6.42 Å². The molecule has 102 valence electrons. The molecule has 1 aromatic carbocycles. The van der Waals surface area contributed by atoms with Crippen LogP contribution >= 0.6 is 0 Å². The Balaban J connectivity index is 2.63. The first-order chi connectivity index (χ1) is 9.06. The molecule has 0 radical (unpaired) electrons. The molecule has 0 saturated heterocycles. The zero-order chi connectivity index (χ0) is 14.0. The minimum Gasteiger partial charge on any atom is -0.294 e. The highest BCUT2D eigenvalue weighted by molar-refractivity contribution is 5.40. The van der Waals surface area contributed by atoms with Gasteiger partial charge >= 0.3 is 0 Å². The van der Waals surface area contributed by atoms with Gasteiger partial charge in [0.1, 0.15) is 0 Å². The summed E-state index contributed by atoms with van der Waals surface area (Å²) in [5, 5.41) is 3.30. The van der Waals surface area contributed by atoms with Gasteiger partial charge in [-0.2, -0.15) is 0 Å². The van der Waals surface area contributed by atoms with Crippen molar-refractivity contribution in [3.8, 4) is 5.69 Å². The van der Waals surface area contributed by atoms with Crippen molar-refractivity contribution in [2.24, 2.45) is 0 Å². The van der Waals surface area contributed by atoms with Crippen molar-refractivity contribution in [2.75, 3.05) is 0 Å². The third-order valence-corrected chi connectivity index (χ3v) is 3.45. The highest BCUT2D eigenvalue weighted by Crippen LogP contribution is 2.18. The van der Waals surface area contributed by atoms with Gasteiger partial charge in [-0.25, -0.2) is 4.68 Å². The van der Waals surface area contributed by atoms with E-state index in [1.165, 1.54) is 0 Å². The van der Waals surface area contributed by atoms with Crippen LogP contribution in [0, 0.1) is 6.92 Å². The number of H-pyrrole nitrogens is 1. The second kappa shape index (κ2) is 5.47. The molecule has 1 heterocycles. The van der Waals surface area contributed by atoms with Gasteiger partial charge in [-0.3, -0.25) is 9.89 Å². The highest BCUT2D eigenvalue weighted by Gasteiger charge is 2.17. The second-order valence-corrected chi connectivity index (χ2v) is 5.34. The predicted molar refractivity (Wildman–Crippen MR) is 79.2 cm³/mol. The fourth-order valence-electron chi connectivity index (χ4n) is 2.44. The monoisotopic (exact) mass is 258 g/mol. The Morgan fingerprint density at radius 2 is 1.95 bits per heavy atom. The topological polar surface area (TPSA) is 37.8 Å². The predicted octanol–water partition coefficient (Wildman–Crippen LogP) is 3.55. The summed E-state index contributed by atoms with van der Waals surface area (Å²) in [5.41, 5.74) is 4.14. The molecule has 0 fully saturated rings. The minimum absolute atomic E-state index is 0.0971. The lowest BCUT2D eigenvalue weighted by Gasteiger charge is -2.06. The maximum absolute atomic E-state index is 12.6. The molecule has 0 atom stereocenters. The lowest BCUT2D eigenvalue weighted by molar-refractivity contribution is 0.752. The zero-order valence-electron chi connectivity index (χ0n) is 12.2. The van der Waals surface area contributed by atoms with E-state index < -0.39 is 0 Å². The van der Waals surface area contributed by atoms with Gasteiger partial charge in [-0.05, 0) is 30.9 Å². The number of aryl methyl sites for hydroxylation is 1. The number of rotatable bonds is 4. The van der Waals surface area contributed by atoms with Crippen LogP contribution in [0.2, 0.25) is 0 Å². The number of para-hydroxylation sites is 1. The van der Waals surface area contributed by atoms with Gasteiger partial charge < -0.3 is 0 Å². The Bertz CT molecular complexity index is 620. The van der Waals surface area contributed by atoms with Crippen LogP contribution in [-0.4, -0.2) is 9.78 Å². The Morgan fingerprint density at radius 1 is 1.26 bits per heavy atom. The molecule has 2 rings (SSSR count). The third kappa shape index (κ3) is 2.50. The highest BCUT2D eigenvalue weighted by atomic mass is 16.1. The number of hydrogen-bond donors (Lipinski definition) is 1. The van der Waals surface area contributed by atoms with E-state index in [2.05, 4.69) is 25.9 Å². The molecule has 19 heavy (non-hydrogen) atoms. The Hall–Kier alpha value is -1.77. The summed E-state index contributed by atoms with van der Waals surface area (Å²) in [6.07, 6.45) is 1.82. The number of nitrogens with one attached hydrogen (secondary N) is 1. The minimum atomic E-state index is 0.0971. The molecule has 2 aromatic rings. The van der Waals surface area contributed by atoms with Crippen LogP contribution in [0.5, 0.6) is 0 Å². The molecule has 0 aliphatic rings. The van der Waals surface area contributed by atoms with Gasteiger partial charge in [0.05, 0.1) is 5.69 Å². The van der Waals surface area contributed by atoms with Crippen molar-refractivity contribution in [1.82, 2.24) is 9.78 Å². The van der Waals surface area contributed by atoms with Gasteiger partial charge in [0.2, 0.25) is 0 Å². The van der Waals surface area contributed by atoms with Gasteiger partial charge in [-0.1, -0.05) is 45.4 Å². The van der Waals surface area contributed by atoms with Crippen molar-refractivity contribution in [3.63, 3.8) is 0 Å². The molecule has 0 saturated carbocycles. The summed E-state index contributed by atoms with van der Waals surface area (Å²) in [5.74, 6) is 0.333. The van der Waals surface area contributed by atoms with Crippen LogP contribution in [0.3, 0.4) is 0 Å². The number of hydrogen-bond acceptors (Lipinski definition) is 1. The molecule has 3 nitrogen and oxygen atoms in total. The molecule has 0 aliphatic heterocycles. The van der Waals surface area contributed by atoms with Gasteiger partial charge in [0, 0.05) is 11.3 Å². The normalized spacial score (nSPS) is 11.2. The molecular weight excluding hydrogens is 236 g/mol. The quantitative estimate of drug-likeness (QED) is 0.894. The standard InChI is InChI=1S/C16H22N2O/c1-5-8-13-15(11(2)3)17-18(16(13)19)14-10-7-6-9-12(14)4/h6-7,9-11,17H,5,8H2,1-4H3. The molecule has 1 N–H and O–H groups in total. The van der Waals surface area contributed by atoms with E-state index >= 15 is 0 Å². The molecule has 0 amide bonds. The molecule has 0 bridgehead atoms. The number of nitrogens with zero attached hydrogens (tertiary/aromatic N) is 1. The van der Waals surface area contributed by atoms with E-state index in [1.807, 2.05) is 31.2 Å². The van der Waals surface area contributed by atoms with Gasteiger partial charge in [0.15, 0.2) is 0 Å². The van der Waals surface area contributed by atoms with Crippen molar-refractivity contribution in [3.05, 3.63) is 51.4 Å². The van der Waals surface area contributed by atoms with Crippen molar-refractivity contribution in [2.45, 2.75) is 46.5 Å². The van der Waals surface area contributed by atoms with Gasteiger partial charge in [0.25, 0.3) is 5.56 Å². The van der Waals surface area contributed by atoms with Crippen LogP contribution in [0.4, 0.5) is 0 Å². The first kappa shape index (κ1) is 13.7. The lowest BCUT2D eigenvalue weighted by atomic mass is 10.0. The van der Waals surface area contributed by atoms with Crippen molar-refractivity contribution >= 4 is 0 Å². The lowest BCUT2D eigenvalue weighted by Crippen LogP contribution is -2.18. The second-order valence-electron chi connectivity index (χ2n) is 5.34. The first-order valence-electron chi connectivity index (χ1n) is 6.96. The number of benzene rings is 1. The van der Waals surface area contributed by atoms with Crippen LogP contribution in [0.25, 0.3) is 5.69 Å². The molecule has 0 aliphatic carbocycles. The van der Waals surface area contributed by atoms with E-state index in [4.69, 9.17) is 0 Å². The summed E-state index contributed by atoms with van der Waals surface area (Å²) >= 11 is 0. The van der Waals surface area contributed by atoms with Crippen molar-refractivity contribution < 1.29 is 0 Å². The fourth-order valence-corrected chi connectivity index (χ4v) is 2.44. The molecular formula is C16H22N2O. The summed E-state index contributed by atoms with van der Waals surface area (Å²) in [6, 6.07) is 7.96. The van der Waals surface area contributed by atoms with E-state index in [1.54, 1.807) is 4.68 Å². The third-order valence-electron chi connectivity index (χ3n) is 3.45. The average Bonchev–Trinajstić information content (AvgIpc) is 2.69. The first-order valence-corrected chi connectivity index (χ1v) is 6.96. The summed E-state index contributed by atoms with van der Waals surface area (Å²) < 4.78 is 1.69.